The summed E-state index contributed by atoms with van der Waals surface area (Å²) in [4.78, 5) is 10.8. The minimum absolute atomic E-state index is 0.579. The Labute approximate surface area is 141 Å². The van der Waals surface area contributed by atoms with Gasteiger partial charge in [0.2, 0.25) is 5.95 Å². The van der Waals surface area contributed by atoms with Gasteiger partial charge < -0.3 is 10.2 Å². The van der Waals surface area contributed by atoms with Gasteiger partial charge in [0.05, 0.1) is 11.3 Å². The molecular weight excluding hydrogens is 298 g/mol. The SMILES string of the molecule is CN(Cc1ccccc1)c1nccc(Nc2ccccc2C#N)n1. The van der Waals surface area contributed by atoms with Gasteiger partial charge in [-0.3, -0.25) is 0 Å². The number of hydrogen-bond acceptors (Lipinski definition) is 5. The van der Waals surface area contributed by atoms with Crippen molar-refractivity contribution in [2.24, 2.45) is 0 Å². The maximum absolute atomic E-state index is 9.17. The quantitative estimate of drug-likeness (QED) is 0.777. The van der Waals surface area contributed by atoms with E-state index in [-0.39, 0.29) is 0 Å². The molecule has 0 saturated carbocycles. The van der Waals surface area contributed by atoms with Crippen molar-refractivity contribution < 1.29 is 0 Å². The molecule has 1 aromatic heterocycles. The van der Waals surface area contributed by atoms with E-state index in [1.54, 1.807) is 18.3 Å². The lowest BCUT2D eigenvalue weighted by molar-refractivity contribution is 0.868. The molecule has 0 fully saturated rings. The molecule has 0 unspecified atom stereocenters. The van der Waals surface area contributed by atoms with Crippen LogP contribution in [0.25, 0.3) is 0 Å². The Kier molecular flexibility index (Phi) is 4.68. The maximum atomic E-state index is 9.17. The average Bonchev–Trinajstić information content (AvgIpc) is 2.63. The minimum Gasteiger partial charge on any atom is -0.339 e. The second-order valence-electron chi connectivity index (χ2n) is 5.37. The topological polar surface area (TPSA) is 64.8 Å². The van der Waals surface area contributed by atoms with Crippen molar-refractivity contribution in [2.75, 3.05) is 17.3 Å². The highest BCUT2D eigenvalue weighted by molar-refractivity contribution is 5.64. The molecule has 0 radical (unpaired) electrons. The first-order valence-corrected chi connectivity index (χ1v) is 7.60. The molecule has 3 aromatic rings. The summed E-state index contributed by atoms with van der Waals surface area (Å²) in [5.74, 6) is 1.28. The lowest BCUT2D eigenvalue weighted by atomic mass is 10.2. The van der Waals surface area contributed by atoms with E-state index in [2.05, 4.69) is 33.5 Å². The molecular formula is C19H17N5. The normalized spacial score (nSPS) is 10.0. The van der Waals surface area contributed by atoms with Crippen molar-refractivity contribution in [2.45, 2.75) is 6.54 Å². The summed E-state index contributed by atoms with van der Waals surface area (Å²) in [5, 5.41) is 12.4. The van der Waals surface area contributed by atoms with Gasteiger partial charge in [0.1, 0.15) is 11.9 Å². The zero-order valence-corrected chi connectivity index (χ0v) is 13.3. The van der Waals surface area contributed by atoms with Crippen LogP contribution in [0.2, 0.25) is 0 Å². The second-order valence-corrected chi connectivity index (χ2v) is 5.37. The molecule has 0 bridgehead atoms. The molecule has 1 N–H and O–H groups in total. The van der Waals surface area contributed by atoms with Crippen LogP contribution < -0.4 is 10.2 Å². The molecule has 0 aliphatic carbocycles. The molecule has 2 aromatic carbocycles. The summed E-state index contributed by atoms with van der Waals surface area (Å²) >= 11 is 0. The van der Waals surface area contributed by atoms with E-state index in [0.717, 1.165) is 12.2 Å². The molecule has 0 spiro atoms. The second kappa shape index (κ2) is 7.25. The summed E-state index contributed by atoms with van der Waals surface area (Å²) in [7, 11) is 1.95. The van der Waals surface area contributed by atoms with Gasteiger partial charge in [-0.05, 0) is 23.8 Å². The van der Waals surface area contributed by atoms with E-state index in [1.165, 1.54) is 5.56 Å². The molecule has 5 heteroatoms. The van der Waals surface area contributed by atoms with Gasteiger partial charge in [0.25, 0.3) is 0 Å². The van der Waals surface area contributed by atoms with E-state index in [4.69, 9.17) is 0 Å². The van der Waals surface area contributed by atoms with Gasteiger partial charge >= 0.3 is 0 Å². The third-order valence-corrected chi connectivity index (χ3v) is 3.56. The fourth-order valence-corrected chi connectivity index (χ4v) is 2.36. The number of rotatable bonds is 5. The predicted molar refractivity (Wildman–Crippen MR) is 95.0 cm³/mol. The molecule has 5 nitrogen and oxygen atoms in total. The van der Waals surface area contributed by atoms with Crippen molar-refractivity contribution in [1.82, 2.24) is 9.97 Å². The lowest BCUT2D eigenvalue weighted by Gasteiger charge is -2.18. The van der Waals surface area contributed by atoms with Crippen molar-refractivity contribution in [1.29, 1.82) is 5.26 Å². The van der Waals surface area contributed by atoms with Crippen LogP contribution in [0.3, 0.4) is 0 Å². The Bertz CT molecular complexity index is 855. The summed E-state index contributed by atoms with van der Waals surface area (Å²) in [6, 6.07) is 21.5. The largest absolute Gasteiger partial charge is 0.339 e. The van der Waals surface area contributed by atoms with Crippen LogP contribution in [0, 0.1) is 11.3 Å². The van der Waals surface area contributed by atoms with Gasteiger partial charge in [0, 0.05) is 19.8 Å². The number of anilines is 3. The first kappa shape index (κ1) is 15.5. The van der Waals surface area contributed by atoms with E-state index in [0.29, 0.717) is 17.3 Å². The molecule has 3 rings (SSSR count). The Balaban J connectivity index is 1.78. The molecule has 1 heterocycles. The van der Waals surface area contributed by atoms with Crippen LogP contribution in [0.15, 0.2) is 66.9 Å². The van der Waals surface area contributed by atoms with E-state index in [1.807, 2.05) is 48.3 Å². The van der Waals surface area contributed by atoms with Crippen LogP contribution in [0.1, 0.15) is 11.1 Å². The number of benzene rings is 2. The summed E-state index contributed by atoms with van der Waals surface area (Å²) in [5.41, 5.74) is 2.50. The van der Waals surface area contributed by atoms with Crippen LogP contribution in [-0.2, 0) is 6.54 Å². The fraction of sp³-hybridized carbons (Fsp3) is 0.105. The number of hydrogen-bond donors (Lipinski definition) is 1. The van der Waals surface area contributed by atoms with E-state index in [9.17, 15) is 5.26 Å². The van der Waals surface area contributed by atoms with Gasteiger partial charge in [-0.1, -0.05) is 42.5 Å². The van der Waals surface area contributed by atoms with Crippen LogP contribution in [0.5, 0.6) is 0 Å². The molecule has 0 amide bonds. The number of para-hydroxylation sites is 1. The Morgan fingerprint density at radius 3 is 2.58 bits per heavy atom. The number of nitrogens with one attached hydrogen (secondary N) is 1. The summed E-state index contributed by atoms with van der Waals surface area (Å²) in [6.45, 7) is 0.721. The standard InChI is InChI=1S/C19H17N5/c1-24(14-15-7-3-2-4-8-15)19-21-12-11-18(23-19)22-17-10-6-5-9-16(17)13-20/h2-12H,14H2,1H3,(H,21,22,23). The summed E-state index contributed by atoms with van der Waals surface area (Å²) in [6.07, 6.45) is 1.71. The molecule has 24 heavy (non-hydrogen) atoms. The van der Waals surface area contributed by atoms with Gasteiger partial charge in [0.15, 0.2) is 0 Å². The van der Waals surface area contributed by atoms with Crippen molar-refractivity contribution in [3.8, 4) is 6.07 Å². The van der Waals surface area contributed by atoms with Gasteiger partial charge in [-0.25, -0.2) is 4.98 Å². The smallest absolute Gasteiger partial charge is 0.227 e. The molecule has 0 atom stereocenters. The van der Waals surface area contributed by atoms with Crippen molar-refractivity contribution in [3.05, 3.63) is 78.0 Å². The molecule has 0 saturated heterocycles. The van der Waals surface area contributed by atoms with Crippen LogP contribution >= 0.6 is 0 Å². The van der Waals surface area contributed by atoms with Gasteiger partial charge in [-0.15, -0.1) is 0 Å². The van der Waals surface area contributed by atoms with Gasteiger partial charge in [-0.2, -0.15) is 10.2 Å². The number of aromatic nitrogens is 2. The Morgan fingerprint density at radius 2 is 1.79 bits per heavy atom. The lowest BCUT2D eigenvalue weighted by Crippen LogP contribution is -2.19. The summed E-state index contributed by atoms with van der Waals surface area (Å²) < 4.78 is 0. The van der Waals surface area contributed by atoms with E-state index >= 15 is 0 Å². The van der Waals surface area contributed by atoms with Crippen molar-refractivity contribution in [3.63, 3.8) is 0 Å². The Morgan fingerprint density at radius 1 is 1.04 bits per heavy atom. The van der Waals surface area contributed by atoms with Crippen molar-refractivity contribution >= 4 is 17.5 Å². The monoisotopic (exact) mass is 315 g/mol. The number of nitrogens with zero attached hydrogens (tertiary/aromatic N) is 4. The minimum atomic E-state index is 0.579. The third-order valence-electron chi connectivity index (χ3n) is 3.56. The number of nitriles is 1. The average molecular weight is 315 g/mol. The maximum Gasteiger partial charge on any atom is 0.227 e. The zero-order chi connectivity index (χ0) is 16.8. The molecule has 0 aliphatic heterocycles. The highest BCUT2D eigenvalue weighted by Crippen LogP contribution is 2.20. The fourth-order valence-electron chi connectivity index (χ4n) is 2.36. The Hall–Kier alpha value is -3.39. The molecule has 118 valence electrons. The molecule has 0 aliphatic rings. The zero-order valence-electron chi connectivity index (χ0n) is 13.3. The highest BCUT2D eigenvalue weighted by Gasteiger charge is 2.07. The van der Waals surface area contributed by atoms with Crippen LogP contribution in [0.4, 0.5) is 17.5 Å². The predicted octanol–water partition coefficient (Wildman–Crippen LogP) is 3.73. The van der Waals surface area contributed by atoms with Crippen LogP contribution in [-0.4, -0.2) is 17.0 Å². The third kappa shape index (κ3) is 3.68. The highest BCUT2D eigenvalue weighted by atomic mass is 15.2. The first-order valence-electron chi connectivity index (χ1n) is 7.60. The van der Waals surface area contributed by atoms with E-state index < -0.39 is 0 Å². The first-order chi connectivity index (χ1) is 11.8.